The minimum atomic E-state index is 0.128. The van der Waals surface area contributed by atoms with Gasteiger partial charge in [-0.25, -0.2) is 0 Å². The van der Waals surface area contributed by atoms with Gasteiger partial charge in [0.2, 0.25) is 0 Å². The van der Waals surface area contributed by atoms with E-state index in [-0.39, 0.29) is 6.61 Å². The summed E-state index contributed by atoms with van der Waals surface area (Å²) >= 11 is 0. The fourth-order valence-electron chi connectivity index (χ4n) is 2.75. The molecule has 0 aliphatic carbocycles. The van der Waals surface area contributed by atoms with Crippen LogP contribution in [0.25, 0.3) is 13.2 Å². The van der Waals surface area contributed by atoms with Crippen molar-refractivity contribution in [3.05, 3.63) is 44.9 Å². The Bertz CT molecular complexity index is 727. The van der Waals surface area contributed by atoms with E-state index >= 15 is 0 Å². The van der Waals surface area contributed by atoms with Crippen LogP contribution in [-0.2, 0) is 6.42 Å². The van der Waals surface area contributed by atoms with E-state index in [0.29, 0.717) is 0 Å². The lowest BCUT2D eigenvalue weighted by Gasteiger charge is -2.16. The van der Waals surface area contributed by atoms with Crippen LogP contribution in [0.4, 0.5) is 0 Å². The Labute approximate surface area is 145 Å². The fraction of sp³-hybridized carbons (Fsp3) is 0.429. The molecule has 0 aliphatic rings. The van der Waals surface area contributed by atoms with Crippen molar-refractivity contribution < 1.29 is 14.6 Å². The topological polar surface area (TPSA) is 38.7 Å². The zero-order valence-electron chi connectivity index (χ0n) is 15.7. The van der Waals surface area contributed by atoms with Crippen molar-refractivity contribution in [2.45, 2.75) is 40.0 Å². The van der Waals surface area contributed by atoms with Crippen LogP contribution >= 0.6 is 0 Å². The molecule has 1 aromatic carbocycles. The van der Waals surface area contributed by atoms with Crippen LogP contribution in [0, 0.1) is 6.92 Å². The highest BCUT2D eigenvalue weighted by Gasteiger charge is 2.13. The SMILES string of the molecule is C=c1c(OC)c(C)c(C/C=C(\C)CC/C=C(\C)CO)c(OC)c1=C. The Morgan fingerprint density at radius 3 is 2.12 bits per heavy atom. The minimum absolute atomic E-state index is 0.128. The molecule has 0 aromatic heterocycles. The average molecular weight is 330 g/mol. The molecule has 0 aliphatic heterocycles. The monoisotopic (exact) mass is 330 g/mol. The highest BCUT2D eigenvalue weighted by Crippen LogP contribution is 2.24. The fourth-order valence-corrected chi connectivity index (χ4v) is 2.75. The third kappa shape index (κ3) is 4.75. The number of allylic oxidation sites excluding steroid dienone is 3. The van der Waals surface area contributed by atoms with Crippen LogP contribution in [0.15, 0.2) is 23.3 Å². The molecule has 0 amide bonds. The summed E-state index contributed by atoms with van der Waals surface area (Å²) in [5.41, 5.74) is 4.46. The number of methoxy groups -OCH3 is 2. The first kappa shape index (κ1) is 20.0. The third-order valence-corrected chi connectivity index (χ3v) is 4.32. The molecule has 0 radical (unpaired) electrons. The highest BCUT2D eigenvalue weighted by atomic mass is 16.5. The van der Waals surface area contributed by atoms with Gasteiger partial charge in [-0.15, -0.1) is 0 Å². The molecule has 0 saturated heterocycles. The first-order valence-corrected chi connectivity index (χ1v) is 8.20. The molecule has 0 atom stereocenters. The second-order valence-electron chi connectivity index (χ2n) is 6.13. The quantitative estimate of drug-likeness (QED) is 0.745. The Morgan fingerprint density at radius 1 is 1.00 bits per heavy atom. The molecule has 0 saturated carbocycles. The first-order valence-electron chi connectivity index (χ1n) is 8.20. The molecule has 0 heterocycles. The Kier molecular flexibility index (Phi) is 7.80. The lowest BCUT2D eigenvalue weighted by molar-refractivity contribution is 0.331. The lowest BCUT2D eigenvalue weighted by Crippen LogP contribution is -2.28. The van der Waals surface area contributed by atoms with E-state index in [2.05, 4.69) is 32.2 Å². The molecule has 3 heteroatoms. The summed E-state index contributed by atoms with van der Waals surface area (Å²) in [6, 6.07) is 0. The number of aliphatic hydroxyl groups is 1. The van der Waals surface area contributed by atoms with Gasteiger partial charge in [0.1, 0.15) is 11.5 Å². The predicted molar refractivity (Wildman–Crippen MR) is 102 cm³/mol. The number of rotatable bonds is 8. The van der Waals surface area contributed by atoms with Crippen LogP contribution in [0.3, 0.4) is 0 Å². The van der Waals surface area contributed by atoms with Crippen molar-refractivity contribution >= 4 is 13.2 Å². The first-order chi connectivity index (χ1) is 11.4. The largest absolute Gasteiger partial charge is 0.496 e. The minimum Gasteiger partial charge on any atom is -0.496 e. The molecule has 0 fully saturated rings. The van der Waals surface area contributed by atoms with Gasteiger partial charge in [0.05, 0.1) is 20.8 Å². The Morgan fingerprint density at radius 2 is 1.58 bits per heavy atom. The van der Waals surface area contributed by atoms with Crippen molar-refractivity contribution in [1.82, 2.24) is 0 Å². The van der Waals surface area contributed by atoms with Crippen molar-refractivity contribution in [2.75, 3.05) is 20.8 Å². The van der Waals surface area contributed by atoms with E-state index in [1.165, 1.54) is 5.57 Å². The van der Waals surface area contributed by atoms with Gasteiger partial charge in [-0.3, -0.25) is 0 Å². The number of hydrogen-bond acceptors (Lipinski definition) is 3. The maximum absolute atomic E-state index is 9.02. The number of benzene rings is 1. The summed E-state index contributed by atoms with van der Waals surface area (Å²) in [5, 5.41) is 10.6. The molecule has 1 aromatic rings. The van der Waals surface area contributed by atoms with Crippen LogP contribution < -0.4 is 19.9 Å². The molecular weight excluding hydrogens is 300 g/mol. The van der Waals surface area contributed by atoms with Crippen LogP contribution in [0.2, 0.25) is 0 Å². The average Bonchev–Trinajstić information content (AvgIpc) is 2.57. The lowest BCUT2D eigenvalue weighted by atomic mass is 9.98. The van der Waals surface area contributed by atoms with Crippen molar-refractivity contribution in [2.24, 2.45) is 0 Å². The van der Waals surface area contributed by atoms with E-state index in [1.54, 1.807) is 14.2 Å². The summed E-state index contributed by atoms with van der Waals surface area (Å²) in [6.45, 7) is 14.4. The zero-order valence-corrected chi connectivity index (χ0v) is 15.7. The third-order valence-electron chi connectivity index (χ3n) is 4.32. The number of hydrogen-bond donors (Lipinski definition) is 1. The van der Waals surface area contributed by atoms with Crippen molar-refractivity contribution in [3.63, 3.8) is 0 Å². The van der Waals surface area contributed by atoms with E-state index in [4.69, 9.17) is 14.6 Å². The molecule has 3 nitrogen and oxygen atoms in total. The molecule has 24 heavy (non-hydrogen) atoms. The Balaban J connectivity index is 3.06. The van der Waals surface area contributed by atoms with Gasteiger partial charge in [0.15, 0.2) is 0 Å². The molecule has 0 bridgehead atoms. The molecule has 0 unspecified atom stereocenters. The van der Waals surface area contributed by atoms with E-state index in [1.807, 2.05) is 13.8 Å². The molecule has 0 spiro atoms. The van der Waals surface area contributed by atoms with E-state index < -0.39 is 0 Å². The second kappa shape index (κ2) is 9.33. The molecule has 132 valence electrons. The van der Waals surface area contributed by atoms with Crippen molar-refractivity contribution in [3.8, 4) is 11.5 Å². The van der Waals surface area contributed by atoms with Gasteiger partial charge < -0.3 is 14.6 Å². The molecule has 1 N–H and O–H groups in total. The van der Waals surface area contributed by atoms with Gasteiger partial charge in [-0.1, -0.05) is 36.5 Å². The highest BCUT2D eigenvalue weighted by molar-refractivity contribution is 5.52. The zero-order chi connectivity index (χ0) is 18.3. The van der Waals surface area contributed by atoms with E-state index in [0.717, 1.165) is 57.9 Å². The summed E-state index contributed by atoms with van der Waals surface area (Å²) in [7, 11) is 3.32. The standard InChI is InChI=1S/C21H30O3/c1-14(9-8-10-15(2)13-22)11-12-19-18(5)20(23-6)16(3)17(4)21(19)24-7/h10-11,22H,3-4,8-9,12-13H2,1-2,5-7H3/b14-11+,15-10+. The van der Waals surface area contributed by atoms with Gasteiger partial charge >= 0.3 is 0 Å². The smallest absolute Gasteiger partial charge is 0.130 e. The van der Waals surface area contributed by atoms with Gasteiger partial charge in [0, 0.05) is 16.0 Å². The van der Waals surface area contributed by atoms with Gasteiger partial charge in [-0.2, -0.15) is 0 Å². The molecular formula is C21H30O3. The molecule has 1 rings (SSSR count). The van der Waals surface area contributed by atoms with Crippen LogP contribution in [-0.4, -0.2) is 25.9 Å². The van der Waals surface area contributed by atoms with Crippen LogP contribution in [0.5, 0.6) is 11.5 Å². The maximum atomic E-state index is 9.02. The summed E-state index contributed by atoms with van der Waals surface area (Å²) < 4.78 is 11.1. The maximum Gasteiger partial charge on any atom is 0.130 e. The predicted octanol–water partition coefficient (Wildman–Crippen LogP) is 3.04. The van der Waals surface area contributed by atoms with Gasteiger partial charge in [0.25, 0.3) is 0 Å². The van der Waals surface area contributed by atoms with E-state index in [9.17, 15) is 0 Å². The summed E-state index contributed by atoms with van der Waals surface area (Å²) in [4.78, 5) is 0. The summed E-state index contributed by atoms with van der Waals surface area (Å²) in [6.07, 6.45) is 6.97. The van der Waals surface area contributed by atoms with Crippen LogP contribution in [0.1, 0.15) is 37.8 Å². The second-order valence-corrected chi connectivity index (χ2v) is 6.13. The summed E-state index contributed by atoms with van der Waals surface area (Å²) in [5.74, 6) is 1.57. The van der Waals surface area contributed by atoms with Crippen molar-refractivity contribution in [1.29, 1.82) is 0 Å². The number of aliphatic hydroxyl groups excluding tert-OH is 1. The normalized spacial score (nSPS) is 12.4. The van der Waals surface area contributed by atoms with Gasteiger partial charge in [-0.05, 0) is 45.6 Å². The Hall–Kier alpha value is -2.00. The number of ether oxygens (including phenoxy) is 2.